The van der Waals surface area contributed by atoms with Gasteiger partial charge in [0.2, 0.25) is 0 Å². The molecule has 1 aromatic carbocycles. The Kier molecular flexibility index (Phi) is 4.80. The Hall–Kier alpha value is -2.08. The summed E-state index contributed by atoms with van der Waals surface area (Å²) in [4.78, 5) is 11.8. The summed E-state index contributed by atoms with van der Waals surface area (Å²) in [6, 6.07) is 4.41. The first-order chi connectivity index (χ1) is 10.0. The van der Waals surface area contributed by atoms with Crippen molar-refractivity contribution in [3.05, 3.63) is 45.9 Å². The number of nitrogens with two attached hydrogens (primary N) is 1. The number of hydrogen-bond donors (Lipinski definition) is 2. The van der Waals surface area contributed by atoms with E-state index in [0.717, 1.165) is 11.6 Å². The SMILES string of the molecule is CCOC(=O)c1cc(NC(C)c2ccsc2)c(F)cc1N. The van der Waals surface area contributed by atoms with Gasteiger partial charge in [-0.05, 0) is 48.4 Å². The second-order valence-corrected chi connectivity index (χ2v) is 5.34. The fraction of sp³-hybridized carbons (Fsp3) is 0.267. The van der Waals surface area contributed by atoms with Crippen molar-refractivity contribution in [2.24, 2.45) is 0 Å². The number of carbonyl (C=O) groups is 1. The molecule has 1 heterocycles. The highest BCUT2D eigenvalue weighted by atomic mass is 32.1. The second-order valence-electron chi connectivity index (χ2n) is 4.56. The molecule has 0 saturated carbocycles. The van der Waals surface area contributed by atoms with Gasteiger partial charge in [-0.15, -0.1) is 0 Å². The Balaban J connectivity index is 2.27. The minimum absolute atomic E-state index is 0.0692. The number of carbonyl (C=O) groups excluding carboxylic acids is 1. The summed E-state index contributed by atoms with van der Waals surface area (Å²) < 4.78 is 18.9. The van der Waals surface area contributed by atoms with E-state index in [0.29, 0.717) is 0 Å². The fourth-order valence-corrected chi connectivity index (χ4v) is 2.68. The molecule has 3 N–H and O–H groups in total. The summed E-state index contributed by atoms with van der Waals surface area (Å²) in [5, 5.41) is 6.99. The van der Waals surface area contributed by atoms with Crippen LogP contribution in [0, 0.1) is 5.82 Å². The standard InChI is InChI=1S/C15H17FN2O2S/c1-3-20-15(19)11-6-14(12(16)7-13(11)17)18-9(2)10-4-5-21-8-10/h4-9,18H,3,17H2,1-2H3. The van der Waals surface area contributed by atoms with Gasteiger partial charge in [-0.1, -0.05) is 0 Å². The van der Waals surface area contributed by atoms with Crippen LogP contribution < -0.4 is 11.1 Å². The molecule has 1 aromatic heterocycles. The van der Waals surface area contributed by atoms with Crippen molar-refractivity contribution < 1.29 is 13.9 Å². The number of benzene rings is 1. The molecule has 0 aliphatic heterocycles. The average Bonchev–Trinajstić information content (AvgIpc) is 2.96. The van der Waals surface area contributed by atoms with Crippen LogP contribution in [-0.4, -0.2) is 12.6 Å². The van der Waals surface area contributed by atoms with Crippen LogP contribution in [0.1, 0.15) is 35.8 Å². The Morgan fingerprint density at radius 1 is 1.52 bits per heavy atom. The summed E-state index contributed by atoms with van der Waals surface area (Å²) >= 11 is 1.57. The second kappa shape index (κ2) is 6.58. The molecule has 1 atom stereocenters. The third kappa shape index (κ3) is 3.52. The number of anilines is 2. The summed E-state index contributed by atoms with van der Waals surface area (Å²) in [6.45, 7) is 3.86. The molecule has 4 nitrogen and oxygen atoms in total. The normalized spacial score (nSPS) is 12.0. The monoisotopic (exact) mass is 308 g/mol. The number of hydrogen-bond acceptors (Lipinski definition) is 5. The molecule has 0 spiro atoms. The van der Waals surface area contributed by atoms with Gasteiger partial charge in [0, 0.05) is 11.7 Å². The van der Waals surface area contributed by atoms with Crippen LogP contribution in [0.4, 0.5) is 15.8 Å². The molecule has 6 heteroatoms. The Morgan fingerprint density at radius 3 is 2.90 bits per heavy atom. The maximum Gasteiger partial charge on any atom is 0.340 e. The van der Waals surface area contributed by atoms with Gasteiger partial charge in [0.1, 0.15) is 5.82 Å². The molecule has 0 fully saturated rings. The maximum atomic E-state index is 14.0. The molecule has 21 heavy (non-hydrogen) atoms. The zero-order chi connectivity index (χ0) is 15.4. The van der Waals surface area contributed by atoms with Crippen LogP contribution in [-0.2, 0) is 4.74 Å². The Labute approximate surface area is 126 Å². The van der Waals surface area contributed by atoms with Crippen molar-refractivity contribution in [3.63, 3.8) is 0 Å². The minimum atomic E-state index is -0.554. The van der Waals surface area contributed by atoms with Crippen LogP contribution in [0.3, 0.4) is 0 Å². The lowest BCUT2D eigenvalue weighted by atomic mass is 10.1. The number of thiophene rings is 1. The number of ether oxygens (including phenoxy) is 1. The molecule has 2 aromatic rings. The largest absolute Gasteiger partial charge is 0.462 e. The molecule has 0 radical (unpaired) electrons. The maximum absolute atomic E-state index is 14.0. The fourth-order valence-electron chi connectivity index (χ4n) is 1.92. The zero-order valence-electron chi connectivity index (χ0n) is 11.9. The van der Waals surface area contributed by atoms with Gasteiger partial charge < -0.3 is 15.8 Å². The third-order valence-electron chi connectivity index (χ3n) is 3.05. The molecule has 0 amide bonds. The predicted octanol–water partition coefficient (Wildman–Crippen LogP) is 3.82. The van der Waals surface area contributed by atoms with E-state index in [-0.39, 0.29) is 29.6 Å². The van der Waals surface area contributed by atoms with Crippen molar-refractivity contribution in [1.29, 1.82) is 0 Å². The van der Waals surface area contributed by atoms with Gasteiger partial charge in [0.15, 0.2) is 0 Å². The van der Waals surface area contributed by atoms with Crippen molar-refractivity contribution in [2.75, 3.05) is 17.7 Å². The number of nitrogens with one attached hydrogen (secondary N) is 1. The number of nitrogen functional groups attached to an aromatic ring is 1. The molecule has 0 saturated heterocycles. The van der Waals surface area contributed by atoms with E-state index in [2.05, 4.69) is 5.32 Å². The molecule has 0 bridgehead atoms. The van der Waals surface area contributed by atoms with E-state index < -0.39 is 11.8 Å². The highest BCUT2D eigenvalue weighted by Crippen LogP contribution is 2.27. The van der Waals surface area contributed by atoms with E-state index >= 15 is 0 Å². The summed E-state index contributed by atoms with van der Waals surface area (Å²) in [6.07, 6.45) is 0. The number of rotatable bonds is 5. The summed E-state index contributed by atoms with van der Waals surface area (Å²) in [7, 11) is 0. The van der Waals surface area contributed by atoms with E-state index in [1.165, 1.54) is 6.07 Å². The lowest BCUT2D eigenvalue weighted by molar-refractivity contribution is 0.0527. The molecular formula is C15H17FN2O2S. The highest BCUT2D eigenvalue weighted by Gasteiger charge is 2.16. The Bertz CT molecular complexity index is 629. The van der Waals surface area contributed by atoms with Crippen LogP contribution in [0.2, 0.25) is 0 Å². The highest BCUT2D eigenvalue weighted by molar-refractivity contribution is 7.08. The summed E-state index contributed by atoms with van der Waals surface area (Å²) in [5.41, 5.74) is 7.19. The van der Waals surface area contributed by atoms with Gasteiger partial charge in [0.25, 0.3) is 0 Å². The minimum Gasteiger partial charge on any atom is -0.462 e. The topological polar surface area (TPSA) is 64.3 Å². The smallest absolute Gasteiger partial charge is 0.340 e. The van der Waals surface area contributed by atoms with Crippen molar-refractivity contribution in [2.45, 2.75) is 19.9 Å². The molecular weight excluding hydrogens is 291 g/mol. The first-order valence-electron chi connectivity index (χ1n) is 6.57. The van der Waals surface area contributed by atoms with Crippen molar-refractivity contribution in [3.8, 4) is 0 Å². The van der Waals surface area contributed by atoms with Crippen LogP contribution in [0.5, 0.6) is 0 Å². The number of halogens is 1. The molecule has 0 aliphatic rings. The zero-order valence-corrected chi connectivity index (χ0v) is 12.7. The van der Waals surface area contributed by atoms with Crippen LogP contribution in [0.25, 0.3) is 0 Å². The predicted molar refractivity (Wildman–Crippen MR) is 83.1 cm³/mol. The lowest BCUT2D eigenvalue weighted by Crippen LogP contribution is -2.12. The first-order valence-corrected chi connectivity index (χ1v) is 7.52. The molecule has 1 unspecified atom stereocenters. The molecule has 112 valence electrons. The van der Waals surface area contributed by atoms with Crippen molar-refractivity contribution >= 4 is 28.7 Å². The summed E-state index contributed by atoms with van der Waals surface area (Å²) in [5.74, 6) is -1.05. The van der Waals surface area contributed by atoms with E-state index in [1.54, 1.807) is 18.3 Å². The lowest BCUT2D eigenvalue weighted by Gasteiger charge is -2.16. The van der Waals surface area contributed by atoms with Gasteiger partial charge >= 0.3 is 5.97 Å². The molecule has 2 rings (SSSR count). The van der Waals surface area contributed by atoms with E-state index in [9.17, 15) is 9.18 Å². The Morgan fingerprint density at radius 2 is 2.29 bits per heavy atom. The first kappa shape index (κ1) is 15.3. The van der Waals surface area contributed by atoms with Crippen LogP contribution in [0.15, 0.2) is 29.0 Å². The third-order valence-corrected chi connectivity index (χ3v) is 3.75. The average molecular weight is 308 g/mol. The van der Waals surface area contributed by atoms with Crippen LogP contribution >= 0.6 is 11.3 Å². The van der Waals surface area contributed by atoms with Crippen molar-refractivity contribution in [1.82, 2.24) is 0 Å². The van der Waals surface area contributed by atoms with E-state index in [1.807, 2.05) is 23.8 Å². The number of esters is 1. The van der Waals surface area contributed by atoms with Gasteiger partial charge in [-0.2, -0.15) is 11.3 Å². The quantitative estimate of drug-likeness (QED) is 0.651. The van der Waals surface area contributed by atoms with Gasteiger partial charge in [-0.3, -0.25) is 0 Å². The van der Waals surface area contributed by atoms with Gasteiger partial charge in [-0.25, -0.2) is 9.18 Å². The van der Waals surface area contributed by atoms with E-state index in [4.69, 9.17) is 10.5 Å². The van der Waals surface area contributed by atoms with Gasteiger partial charge in [0.05, 0.1) is 17.9 Å². The molecule has 0 aliphatic carbocycles.